The first kappa shape index (κ1) is 20.7. The minimum atomic E-state index is -0.678. The normalized spacial score (nSPS) is 23.3. The summed E-state index contributed by atoms with van der Waals surface area (Å²) in [6.07, 6.45) is 0.868. The molecule has 1 saturated heterocycles. The van der Waals surface area contributed by atoms with Gasteiger partial charge in [-0.25, -0.2) is 4.79 Å². The second-order valence-corrected chi connectivity index (χ2v) is 7.86. The van der Waals surface area contributed by atoms with E-state index in [1.165, 1.54) is 0 Å². The number of carbonyl (C=O) groups is 2. The monoisotopic (exact) mass is 343 g/mol. The van der Waals surface area contributed by atoms with E-state index in [2.05, 4.69) is 16.0 Å². The summed E-state index contributed by atoms with van der Waals surface area (Å²) in [5.41, 5.74) is -0.619. The molecule has 3 atom stereocenters. The van der Waals surface area contributed by atoms with Crippen LogP contribution in [0.3, 0.4) is 0 Å². The molecule has 7 heteroatoms. The van der Waals surface area contributed by atoms with Crippen molar-refractivity contribution in [1.82, 2.24) is 16.0 Å². The van der Waals surface area contributed by atoms with E-state index in [0.717, 1.165) is 13.0 Å². The zero-order valence-electron chi connectivity index (χ0n) is 15.5. The Labute approximate surface area is 144 Å². The molecule has 7 nitrogen and oxygen atoms in total. The van der Waals surface area contributed by atoms with Gasteiger partial charge in [0.25, 0.3) is 0 Å². The maximum atomic E-state index is 12.6. The third-order valence-electron chi connectivity index (χ3n) is 3.73. The average Bonchev–Trinajstić information content (AvgIpc) is 2.60. The van der Waals surface area contributed by atoms with Crippen LogP contribution in [-0.2, 0) is 9.53 Å². The lowest BCUT2D eigenvalue weighted by Gasteiger charge is -2.27. The van der Waals surface area contributed by atoms with Gasteiger partial charge in [-0.1, -0.05) is 13.8 Å². The number of hydrogen-bond acceptors (Lipinski definition) is 5. The van der Waals surface area contributed by atoms with E-state index in [9.17, 15) is 14.7 Å². The molecule has 0 aliphatic carbocycles. The lowest BCUT2D eigenvalue weighted by molar-refractivity contribution is -0.125. The Kier molecular flexibility index (Phi) is 7.96. The van der Waals surface area contributed by atoms with Crippen molar-refractivity contribution in [2.45, 2.75) is 77.7 Å². The molecule has 4 N–H and O–H groups in total. The Morgan fingerprint density at radius 3 is 2.58 bits per heavy atom. The molecule has 0 bridgehead atoms. The van der Waals surface area contributed by atoms with E-state index >= 15 is 0 Å². The number of aliphatic hydroxyl groups is 1. The van der Waals surface area contributed by atoms with E-state index < -0.39 is 23.8 Å². The van der Waals surface area contributed by atoms with Crippen molar-refractivity contribution in [2.75, 3.05) is 13.1 Å². The first-order valence-corrected chi connectivity index (χ1v) is 8.77. The van der Waals surface area contributed by atoms with Gasteiger partial charge in [-0.3, -0.25) is 4.79 Å². The number of rotatable bonds is 5. The summed E-state index contributed by atoms with van der Waals surface area (Å²) in [4.78, 5) is 24.6. The summed E-state index contributed by atoms with van der Waals surface area (Å²) in [5.74, 6) is -0.0445. The highest BCUT2D eigenvalue weighted by Gasteiger charge is 2.29. The fourth-order valence-corrected chi connectivity index (χ4v) is 2.64. The van der Waals surface area contributed by atoms with Gasteiger partial charge in [0.05, 0.1) is 12.1 Å². The Morgan fingerprint density at radius 1 is 1.33 bits per heavy atom. The van der Waals surface area contributed by atoms with Gasteiger partial charge >= 0.3 is 6.09 Å². The minimum Gasteiger partial charge on any atom is -0.444 e. The molecule has 140 valence electrons. The van der Waals surface area contributed by atoms with Crippen LogP contribution < -0.4 is 16.0 Å². The topological polar surface area (TPSA) is 99.7 Å². The Bertz CT molecular complexity index is 421. The van der Waals surface area contributed by atoms with Crippen LogP contribution in [0.1, 0.15) is 53.9 Å². The van der Waals surface area contributed by atoms with E-state index in [4.69, 9.17) is 4.74 Å². The standard InChI is InChI=1S/C17H33N3O4/c1-11(2)9-13(20-16(23)24-17(3,4)5)15(22)19-12-7-6-8-18-10-14(12)21/h11-14,18,21H,6-10H2,1-5H3,(H,19,22)(H,20,23)/t12-,13?,14-/m0/s1. The van der Waals surface area contributed by atoms with Gasteiger partial charge in [0.1, 0.15) is 11.6 Å². The van der Waals surface area contributed by atoms with Crippen LogP contribution in [0.25, 0.3) is 0 Å². The first-order chi connectivity index (χ1) is 11.1. The van der Waals surface area contributed by atoms with Gasteiger partial charge in [0.15, 0.2) is 0 Å². The molecule has 1 aliphatic rings. The average molecular weight is 343 g/mol. The highest BCUT2D eigenvalue weighted by Crippen LogP contribution is 2.11. The smallest absolute Gasteiger partial charge is 0.408 e. The molecule has 1 heterocycles. The predicted octanol–water partition coefficient (Wildman–Crippen LogP) is 1.15. The van der Waals surface area contributed by atoms with E-state index in [1.54, 1.807) is 20.8 Å². The summed E-state index contributed by atoms with van der Waals surface area (Å²) in [7, 11) is 0. The van der Waals surface area contributed by atoms with Gasteiger partial charge < -0.3 is 25.8 Å². The summed E-state index contributed by atoms with van der Waals surface area (Å²) in [6, 6.07) is -0.981. The number of alkyl carbamates (subject to hydrolysis) is 1. The maximum Gasteiger partial charge on any atom is 0.408 e. The molecule has 0 saturated carbocycles. The molecule has 1 rings (SSSR count). The third kappa shape index (κ3) is 7.97. The van der Waals surface area contributed by atoms with E-state index in [0.29, 0.717) is 19.4 Å². The van der Waals surface area contributed by atoms with Crippen LogP contribution in [0.15, 0.2) is 0 Å². The lowest BCUT2D eigenvalue weighted by atomic mass is 10.0. The molecule has 1 unspecified atom stereocenters. The number of amides is 2. The lowest BCUT2D eigenvalue weighted by Crippen LogP contribution is -2.54. The van der Waals surface area contributed by atoms with Crippen molar-refractivity contribution >= 4 is 12.0 Å². The van der Waals surface area contributed by atoms with Crippen LogP contribution >= 0.6 is 0 Å². The minimum absolute atomic E-state index is 0.233. The van der Waals surface area contributed by atoms with Crippen molar-refractivity contribution in [3.8, 4) is 0 Å². The molecule has 24 heavy (non-hydrogen) atoms. The second-order valence-electron chi connectivity index (χ2n) is 7.86. The highest BCUT2D eigenvalue weighted by atomic mass is 16.6. The second kappa shape index (κ2) is 9.22. The van der Waals surface area contributed by atoms with Gasteiger partial charge in [-0.15, -0.1) is 0 Å². The Hall–Kier alpha value is -1.34. The molecule has 1 fully saturated rings. The number of nitrogens with one attached hydrogen (secondary N) is 3. The van der Waals surface area contributed by atoms with Crippen LogP contribution in [0.2, 0.25) is 0 Å². The quantitative estimate of drug-likeness (QED) is 0.600. The molecule has 2 amide bonds. The number of ether oxygens (including phenoxy) is 1. The van der Waals surface area contributed by atoms with Crippen molar-refractivity contribution in [3.63, 3.8) is 0 Å². The van der Waals surface area contributed by atoms with Gasteiger partial charge in [-0.05, 0) is 52.5 Å². The molecular formula is C17H33N3O4. The van der Waals surface area contributed by atoms with Crippen LogP contribution in [0, 0.1) is 5.92 Å². The van der Waals surface area contributed by atoms with Crippen molar-refractivity contribution in [1.29, 1.82) is 0 Å². The Balaban J connectivity index is 2.68. The highest BCUT2D eigenvalue weighted by molar-refractivity contribution is 5.85. The van der Waals surface area contributed by atoms with E-state index in [-0.39, 0.29) is 17.9 Å². The van der Waals surface area contributed by atoms with Crippen LogP contribution in [-0.4, -0.2) is 54.0 Å². The molecule has 0 aromatic rings. The summed E-state index contributed by atoms with van der Waals surface area (Å²) in [6.45, 7) is 10.6. The predicted molar refractivity (Wildman–Crippen MR) is 92.7 cm³/mol. The summed E-state index contributed by atoms with van der Waals surface area (Å²) < 4.78 is 5.24. The molecule has 0 aromatic carbocycles. The van der Waals surface area contributed by atoms with Crippen molar-refractivity contribution in [3.05, 3.63) is 0 Å². The largest absolute Gasteiger partial charge is 0.444 e. The molecule has 0 radical (unpaired) electrons. The zero-order chi connectivity index (χ0) is 18.3. The van der Waals surface area contributed by atoms with Gasteiger partial charge in [0, 0.05) is 6.54 Å². The first-order valence-electron chi connectivity index (χ1n) is 8.77. The SMILES string of the molecule is CC(C)CC(NC(=O)OC(C)(C)C)C(=O)N[C@H]1CCCNC[C@@H]1O. The van der Waals surface area contributed by atoms with E-state index in [1.807, 2.05) is 13.8 Å². The number of β-amino-alcohol motifs (C(OH)–C–C–N with tert-alkyl or cyclic N) is 1. The molecular weight excluding hydrogens is 310 g/mol. The fourth-order valence-electron chi connectivity index (χ4n) is 2.64. The molecule has 0 spiro atoms. The van der Waals surface area contributed by atoms with Crippen LogP contribution in [0.5, 0.6) is 0 Å². The molecule has 0 aromatic heterocycles. The van der Waals surface area contributed by atoms with Crippen molar-refractivity contribution in [2.24, 2.45) is 5.92 Å². The number of aliphatic hydroxyl groups excluding tert-OH is 1. The maximum absolute atomic E-state index is 12.6. The number of carbonyl (C=O) groups excluding carboxylic acids is 2. The summed E-state index contributed by atoms with van der Waals surface area (Å²) >= 11 is 0. The number of hydrogen-bond donors (Lipinski definition) is 4. The molecule has 1 aliphatic heterocycles. The zero-order valence-corrected chi connectivity index (χ0v) is 15.5. The third-order valence-corrected chi connectivity index (χ3v) is 3.73. The van der Waals surface area contributed by atoms with Crippen molar-refractivity contribution < 1.29 is 19.4 Å². The fraction of sp³-hybridized carbons (Fsp3) is 0.882. The summed E-state index contributed by atoms with van der Waals surface area (Å²) in [5, 5.41) is 18.8. The Morgan fingerprint density at radius 2 is 2.00 bits per heavy atom. The van der Waals surface area contributed by atoms with Crippen LogP contribution in [0.4, 0.5) is 4.79 Å². The van der Waals surface area contributed by atoms with Gasteiger partial charge in [-0.2, -0.15) is 0 Å². The van der Waals surface area contributed by atoms with Gasteiger partial charge in [0.2, 0.25) is 5.91 Å².